The van der Waals surface area contributed by atoms with E-state index in [1.54, 1.807) is 24.3 Å². The van der Waals surface area contributed by atoms with Gasteiger partial charge in [0.25, 0.3) is 5.91 Å². The Labute approximate surface area is 136 Å². The minimum absolute atomic E-state index is 0.330. The van der Waals surface area contributed by atoms with Gasteiger partial charge in [-0.05, 0) is 71.1 Å². The number of ether oxygens (including phenoxy) is 2. The topological polar surface area (TPSA) is 73.6 Å². The van der Waals surface area contributed by atoms with Crippen LogP contribution in [0.3, 0.4) is 0 Å². The second kappa shape index (κ2) is 7.84. The van der Waals surface area contributed by atoms with E-state index in [1.807, 2.05) is 24.3 Å². The monoisotopic (exact) mass is 398 g/mol. The van der Waals surface area contributed by atoms with Gasteiger partial charge in [-0.2, -0.15) is 0 Å². The third-order valence-electron chi connectivity index (χ3n) is 2.68. The van der Waals surface area contributed by atoms with Crippen molar-refractivity contribution in [3.05, 3.63) is 57.7 Å². The van der Waals surface area contributed by atoms with E-state index < -0.39 is 0 Å². The quantitative estimate of drug-likeness (QED) is 0.258. The summed E-state index contributed by atoms with van der Waals surface area (Å²) >= 11 is 2.24. The van der Waals surface area contributed by atoms with Crippen LogP contribution in [0.2, 0.25) is 0 Å². The van der Waals surface area contributed by atoms with E-state index >= 15 is 0 Å². The van der Waals surface area contributed by atoms with E-state index in [-0.39, 0.29) is 5.91 Å². The lowest BCUT2D eigenvalue weighted by Crippen LogP contribution is -2.29. The van der Waals surface area contributed by atoms with Gasteiger partial charge in [-0.3, -0.25) is 10.2 Å². The van der Waals surface area contributed by atoms with E-state index in [1.165, 1.54) is 0 Å². The number of nitrogens with one attached hydrogen (secondary N) is 1. The first-order chi connectivity index (χ1) is 10.2. The van der Waals surface area contributed by atoms with Crippen molar-refractivity contribution < 1.29 is 14.3 Å². The SMILES string of the molecule is NNC(=O)c1ccc(OCCOc2ccc(I)cc2)cc1. The lowest BCUT2D eigenvalue weighted by Gasteiger charge is -2.09. The molecule has 0 aromatic heterocycles. The molecule has 0 atom stereocenters. The number of carbonyl (C=O) groups is 1. The Morgan fingerprint density at radius 2 is 1.43 bits per heavy atom. The van der Waals surface area contributed by atoms with E-state index in [0.29, 0.717) is 24.5 Å². The molecular weight excluding hydrogens is 383 g/mol. The Morgan fingerprint density at radius 1 is 0.952 bits per heavy atom. The summed E-state index contributed by atoms with van der Waals surface area (Å²) in [6, 6.07) is 14.5. The predicted octanol–water partition coefficient (Wildman–Crippen LogP) is 2.35. The molecule has 2 aromatic carbocycles. The minimum atomic E-state index is -0.330. The number of hydrazine groups is 1. The van der Waals surface area contributed by atoms with Gasteiger partial charge in [0.1, 0.15) is 24.7 Å². The average Bonchev–Trinajstić information content (AvgIpc) is 2.53. The molecule has 3 N–H and O–H groups in total. The van der Waals surface area contributed by atoms with Crippen molar-refractivity contribution in [2.24, 2.45) is 5.84 Å². The maximum absolute atomic E-state index is 11.3. The molecular formula is C15H15IN2O3. The van der Waals surface area contributed by atoms with E-state index in [0.717, 1.165) is 9.32 Å². The van der Waals surface area contributed by atoms with Crippen molar-refractivity contribution in [2.75, 3.05) is 13.2 Å². The van der Waals surface area contributed by atoms with Gasteiger partial charge >= 0.3 is 0 Å². The zero-order valence-electron chi connectivity index (χ0n) is 11.2. The van der Waals surface area contributed by atoms with Crippen molar-refractivity contribution in [1.29, 1.82) is 0 Å². The van der Waals surface area contributed by atoms with Gasteiger partial charge < -0.3 is 9.47 Å². The number of rotatable bonds is 6. The molecule has 0 radical (unpaired) electrons. The summed E-state index contributed by atoms with van der Waals surface area (Å²) in [4.78, 5) is 11.3. The fourth-order valence-electron chi connectivity index (χ4n) is 1.64. The van der Waals surface area contributed by atoms with Gasteiger partial charge in [-0.25, -0.2) is 5.84 Å². The number of amides is 1. The molecule has 0 spiro atoms. The molecule has 21 heavy (non-hydrogen) atoms. The van der Waals surface area contributed by atoms with Crippen molar-refractivity contribution in [3.63, 3.8) is 0 Å². The summed E-state index contributed by atoms with van der Waals surface area (Å²) in [7, 11) is 0. The molecule has 0 fully saturated rings. The van der Waals surface area contributed by atoms with E-state index in [4.69, 9.17) is 15.3 Å². The second-order valence-corrected chi connectivity index (χ2v) is 5.39. The summed E-state index contributed by atoms with van der Waals surface area (Å²) in [5, 5.41) is 0. The highest BCUT2D eigenvalue weighted by molar-refractivity contribution is 14.1. The number of nitrogens with two attached hydrogens (primary N) is 1. The molecule has 0 saturated heterocycles. The smallest absolute Gasteiger partial charge is 0.265 e. The highest BCUT2D eigenvalue weighted by Gasteiger charge is 2.03. The summed E-state index contributed by atoms with van der Waals surface area (Å²) in [5.74, 6) is 6.22. The number of halogens is 1. The van der Waals surface area contributed by atoms with Crippen LogP contribution in [0.15, 0.2) is 48.5 Å². The molecule has 0 unspecified atom stereocenters. The fraction of sp³-hybridized carbons (Fsp3) is 0.133. The Balaban J connectivity index is 1.75. The molecule has 6 heteroatoms. The molecule has 0 aliphatic heterocycles. The maximum atomic E-state index is 11.3. The molecule has 0 heterocycles. The van der Waals surface area contributed by atoms with Crippen LogP contribution in [0.5, 0.6) is 11.5 Å². The van der Waals surface area contributed by atoms with Crippen LogP contribution < -0.4 is 20.7 Å². The van der Waals surface area contributed by atoms with E-state index in [2.05, 4.69) is 28.0 Å². The Hall–Kier alpha value is -1.80. The second-order valence-electron chi connectivity index (χ2n) is 4.15. The molecule has 0 aliphatic carbocycles. The Kier molecular flexibility index (Phi) is 5.82. The third-order valence-corrected chi connectivity index (χ3v) is 3.40. The molecule has 2 rings (SSSR count). The average molecular weight is 398 g/mol. The normalized spacial score (nSPS) is 10.0. The first-order valence-electron chi connectivity index (χ1n) is 6.31. The molecule has 5 nitrogen and oxygen atoms in total. The van der Waals surface area contributed by atoms with Crippen LogP contribution in [0.25, 0.3) is 0 Å². The van der Waals surface area contributed by atoms with Gasteiger partial charge in [0.2, 0.25) is 0 Å². The van der Waals surface area contributed by atoms with Crippen LogP contribution in [0.1, 0.15) is 10.4 Å². The minimum Gasteiger partial charge on any atom is -0.490 e. The van der Waals surface area contributed by atoms with Crippen LogP contribution in [-0.4, -0.2) is 19.1 Å². The molecule has 1 amide bonds. The molecule has 0 aliphatic rings. The zero-order chi connectivity index (χ0) is 15.1. The molecule has 110 valence electrons. The highest BCUT2D eigenvalue weighted by Crippen LogP contribution is 2.14. The first-order valence-corrected chi connectivity index (χ1v) is 7.39. The highest BCUT2D eigenvalue weighted by atomic mass is 127. The third kappa shape index (κ3) is 4.91. The van der Waals surface area contributed by atoms with Crippen molar-refractivity contribution >= 4 is 28.5 Å². The number of nitrogen functional groups attached to an aromatic ring is 1. The fourth-order valence-corrected chi connectivity index (χ4v) is 2.00. The maximum Gasteiger partial charge on any atom is 0.265 e. The van der Waals surface area contributed by atoms with Crippen LogP contribution in [0.4, 0.5) is 0 Å². The predicted molar refractivity (Wildman–Crippen MR) is 88.2 cm³/mol. The van der Waals surface area contributed by atoms with Crippen molar-refractivity contribution in [1.82, 2.24) is 5.43 Å². The Bertz CT molecular complexity index is 585. The van der Waals surface area contributed by atoms with Crippen LogP contribution in [0, 0.1) is 3.57 Å². The van der Waals surface area contributed by atoms with Gasteiger partial charge in [-0.1, -0.05) is 0 Å². The van der Waals surface area contributed by atoms with Crippen molar-refractivity contribution in [3.8, 4) is 11.5 Å². The first kappa shape index (κ1) is 15.6. The molecule has 2 aromatic rings. The summed E-state index contributed by atoms with van der Waals surface area (Å²) in [5.41, 5.74) is 2.56. The van der Waals surface area contributed by atoms with E-state index in [9.17, 15) is 4.79 Å². The number of benzene rings is 2. The summed E-state index contributed by atoms with van der Waals surface area (Å²) in [6.07, 6.45) is 0. The largest absolute Gasteiger partial charge is 0.490 e. The number of carbonyl (C=O) groups excluding carboxylic acids is 1. The molecule has 0 bridgehead atoms. The Morgan fingerprint density at radius 3 is 1.90 bits per heavy atom. The van der Waals surface area contributed by atoms with Crippen LogP contribution in [-0.2, 0) is 0 Å². The standard InChI is InChI=1S/C15H15IN2O3/c16-12-3-7-14(8-4-12)21-10-9-20-13-5-1-11(2-6-13)15(19)18-17/h1-8H,9-10,17H2,(H,18,19). The summed E-state index contributed by atoms with van der Waals surface area (Å²) < 4.78 is 12.2. The lowest BCUT2D eigenvalue weighted by molar-refractivity contribution is 0.0953. The van der Waals surface area contributed by atoms with Crippen LogP contribution >= 0.6 is 22.6 Å². The number of hydrogen-bond acceptors (Lipinski definition) is 4. The van der Waals surface area contributed by atoms with Gasteiger partial charge in [-0.15, -0.1) is 0 Å². The van der Waals surface area contributed by atoms with Crippen molar-refractivity contribution in [2.45, 2.75) is 0 Å². The van der Waals surface area contributed by atoms with Gasteiger partial charge in [0.15, 0.2) is 0 Å². The number of hydrogen-bond donors (Lipinski definition) is 2. The molecule has 0 saturated carbocycles. The summed E-state index contributed by atoms with van der Waals surface area (Å²) in [6.45, 7) is 0.875. The van der Waals surface area contributed by atoms with Gasteiger partial charge in [0.05, 0.1) is 0 Å². The zero-order valence-corrected chi connectivity index (χ0v) is 13.4. The lowest BCUT2D eigenvalue weighted by atomic mass is 10.2. The van der Waals surface area contributed by atoms with Gasteiger partial charge in [0, 0.05) is 9.13 Å².